The smallest absolute Gasteiger partial charge is 0.387 e. The molecule has 1 aromatic carbocycles. The van der Waals surface area contributed by atoms with Crippen molar-refractivity contribution in [1.29, 1.82) is 5.26 Å². The van der Waals surface area contributed by atoms with Crippen LogP contribution in [-0.4, -0.2) is 11.5 Å². The van der Waals surface area contributed by atoms with Gasteiger partial charge < -0.3 is 4.74 Å². The summed E-state index contributed by atoms with van der Waals surface area (Å²) in [4.78, 5) is 10.0. The number of hydrogen-bond acceptors (Lipinski definition) is 4. The molecule has 7 heteroatoms. The predicted molar refractivity (Wildman–Crippen MR) is 53.7 cm³/mol. The van der Waals surface area contributed by atoms with Crippen LogP contribution >= 0.6 is 0 Å². The molecule has 0 aliphatic carbocycles. The summed E-state index contributed by atoms with van der Waals surface area (Å²) in [5, 5.41) is 19.1. The van der Waals surface area contributed by atoms with Crippen LogP contribution in [0.1, 0.15) is 12.0 Å². The largest absolute Gasteiger partial charge is 0.435 e. The van der Waals surface area contributed by atoms with Crippen molar-refractivity contribution in [3.8, 4) is 11.8 Å². The highest BCUT2D eigenvalue weighted by Gasteiger charge is 2.16. The Bertz CT molecular complexity index is 457. The fourth-order valence-corrected chi connectivity index (χ4v) is 1.29. The van der Waals surface area contributed by atoms with E-state index in [-0.39, 0.29) is 24.3 Å². The molecular weight excluding hydrogens is 234 g/mol. The Hall–Kier alpha value is -2.23. The van der Waals surface area contributed by atoms with E-state index in [9.17, 15) is 18.9 Å². The van der Waals surface area contributed by atoms with Gasteiger partial charge in [0.15, 0.2) is 0 Å². The van der Waals surface area contributed by atoms with Crippen molar-refractivity contribution in [1.82, 2.24) is 0 Å². The monoisotopic (exact) mass is 242 g/mol. The molecule has 0 saturated heterocycles. The van der Waals surface area contributed by atoms with Gasteiger partial charge in [-0.05, 0) is 18.6 Å². The maximum atomic E-state index is 11.9. The van der Waals surface area contributed by atoms with Gasteiger partial charge >= 0.3 is 6.61 Å². The summed E-state index contributed by atoms with van der Waals surface area (Å²) in [6.45, 7) is -3.03. The number of ether oxygens (including phenoxy) is 1. The molecule has 1 aromatic rings. The van der Waals surface area contributed by atoms with Crippen LogP contribution in [0.3, 0.4) is 0 Å². The lowest BCUT2D eigenvalue weighted by Crippen LogP contribution is -2.03. The summed E-state index contributed by atoms with van der Waals surface area (Å²) < 4.78 is 27.9. The quantitative estimate of drug-likeness (QED) is 0.587. The van der Waals surface area contributed by atoms with Crippen LogP contribution in [0, 0.1) is 21.4 Å². The molecule has 1 rings (SSSR count). The molecule has 0 aliphatic heterocycles. The minimum atomic E-state index is -3.03. The van der Waals surface area contributed by atoms with Gasteiger partial charge in [-0.1, -0.05) is 0 Å². The van der Waals surface area contributed by atoms with Gasteiger partial charge in [-0.25, -0.2) is 0 Å². The molecule has 17 heavy (non-hydrogen) atoms. The van der Waals surface area contributed by atoms with Gasteiger partial charge in [0.05, 0.1) is 17.1 Å². The number of nitro benzene ring substituents is 1. The maximum absolute atomic E-state index is 11.9. The predicted octanol–water partition coefficient (Wildman–Crippen LogP) is 2.65. The summed E-state index contributed by atoms with van der Waals surface area (Å²) in [6, 6.07) is 5.31. The lowest BCUT2D eigenvalue weighted by Gasteiger charge is -2.06. The highest BCUT2D eigenvalue weighted by atomic mass is 19.3. The number of nitrogens with zero attached hydrogens (tertiary/aromatic N) is 2. The topological polar surface area (TPSA) is 76.2 Å². The van der Waals surface area contributed by atoms with Crippen LogP contribution in [0.25, 0.3) is 0 Å². The van der Waals surface area contributed by atoms with Crippen LogP contribution in [0.4, 0.5) is 14.5 Å². The molecule has 5 nitrogen and oxygen atoms in total. The molecule has 0 saturated carbocycles. The first-order chi connectivity index (χ1) is 8.04. The van der Waals surface area contributed by atoms with Crippen molar-refractivity contribution in [3.63, 3.8) is 0 Å². The van der Waals surface area contributed by atoms with E-state index in [1.807, 2.05) is 6.07 Å². The minimum Gasteiger partial charge on any atom is -0.435 e. The van der Waals surface area contributed by atoms with Crippen LogP contribution in [-0.2, 0) is 6.42 Å². The molecule has 0 fully saturated rings. The molecule has 0 aliphatic rings. The van der Waals surface area contributed by atoms with Gasteiger partial charge in [-0.3, -0.25) is 10.1 Å². The number of halogens is 2. The fraction of sp³-hybridized carbons (Fsp3) is 0.300. The lowest BCUT2D eigenvalue weighted by molar-refractivity contribution is -0.385. The number of nitriles is 1. The summed E-state index contributed by atoms with van der Waals surface area (Å²) in [5.74, 6) is -0.271. The minimum absolute atomic E-state index is 0.121. The third-order valence-corrected chi connectivity index (χ3v) is 1.98. The highest BCUT2D eigenvalue weighted by molar-refractivity contribution is 5.46. The second kappa shape index (κ2) is 5.75. The van der Waals surface area contributed by atoms with E-state index in [1.165, 1.54) is 12.1 Å². The summed E-state index contributed by atoms with van der Waals surface area (Å²) in [7, 11) is 0. The Morgan fingerprint density at radius 3 is 2.76 bits per heavy atom. The van der Waals surface area contributed by atoms with Crippen molar-refractivity contribution >= 4 is 5.69 Å². The van der Waals surface area contributed by atoms with Crippen LogP contribution in [0.5, 0.6) is 5.75 Å². The molecule has 0 bridgehead atoms. The zero-order valence-electron chi connectivity index (χ0n) is 8.60. The Morgan fingerprint density at radius 1 is 1.53 bits per heavy atom. The molecule has 0 heterocycles. The van der Waals surface area contributed by atoms with Crippen molar-refractivity contribution in [2.75, 3.05) is 0 Å². The van der Waals surface area contributed by atoms with Crippen molar-refractivity contribution in [2.24, 2.45) is 0 Å². The number of alkyl halides is 2. The van der Waals surface area contributed by atoms with Crippen LogP contribution in [0.2, 0.25) is 0 Å². The Balaban J connectivity index is 3.00. The van der Waals surface area contributed by atoms with Crippen molar-refractivity contribution in [3.05, 3.63) is 33.9 Å². The third kappa shape index (κ3) is 3.68. The number of nitro groups is 1. The number of hydrogen-bond donors (Lipinski definition) is 0. The SMILES string of the molecule is N#CCCc1ccc(OC(F)F)cc1[N+](=O)[O-]. The van der Waals surface area contributed by atoms with E-state index >= 15 is 0 Å². The molecule has 90 valence electrons. The second-order valence-electron chi connectivity index (χ2n) is 3.08. The summed E-state index contributed by atoms with van der Waals surface area (Å²) in [5.41, 5.74) is -0.00318. The van der Waals surface area contributed by atoms with E-state index < -0.39 is 11.5 Å². The van der Waals surface area contributed by atoms with Gasteiger partial charge in [0, 0.05) is 12.0 Å². The van der Waals surface area contributed by atoms with E-state index in [0.717, 1.165) is 6.07 Å². The highest BCUT2D eigenvalue weighted by Crippen LogP contribution is 2.26. The Morgan fingerprint density at radius 2 is 2.24 bits per heavy atom. The van der Waals surface area contributed by atoms with Gasteiger partial charge in [0.2, 0.25) is 0 Å². The van der Waals surface area contributed by atoms with Crippen molar-refractivity contribution < 1.29 is 18.4 Å². The van der Waals surface area contributed by atoms with E-state index in [2.05, 4.69) is 4.74 Å². The third-order valence-electron chi connectivity index (χ3n) is 1.98. The average Bonchev–Trinajstić information content (AvgIpc) is 2.26. The van der Waals surface area contributed by atoms with Gasteiger partial charge in [-0.15, -0.1) is 0 Å². The molecule has 0 N–H and O–H groups in total. The van der Waals surface area contributed by atoms with Gasteiger partial charge in [0.1, 0.15) is 5.75 Å². The lowest BCUT2D eigenvalue weighted by atomic mass is 10.1. The van der Waals surface area contributed by atoms with Crippen molar-refractivity contribution in [2.45, 2.75) is 19.5 Å². The Kier molecular flexibility index (Phi) is 4.34. The number of aryl methyl sites for hydroxylation is 1. The van der Waals surface area contributed by atoms with E-state index in [0.29, 0.717) is 5.56 Å². The number of benzene rings is 1. The second-order valence-corrected chi connectivity index (χ2v) is 3.08. The first-order valence-electron chi connectivity index (χ1n) is 4.63. The maximum Gasteiger partial charge on any atom is 0.387 e. The Labute approximate surface area is 95.4 Å². The van der Waals surface area contributed by atoms with E-state index in [4.69, 9.17) is 5.26 Å². The summed E-state index contributed by atoms with van der Waals surface area (Å²) >= 11 is 0. The number of rotatable bonds is 5. The molecule has 0 atom stereocenters. The molecule has 0 aromatic heterocycles. The first kappa shape index (κ1) is 12.8. The molecule has 0 amide bonds. The normalized spacial score (nSPS) is 10.0. The van der Waals surface area contributed by atoms with Gasteiger partial charge in [-0.2, -0.15) is 14.0 Å². The molecule has 0 spiro atoms. The zero-order valence-corrected chi connectivity index (χ0v) is 8.60. The molecule has 0 radical (unpaired) electrons. The molecular formula is C10H8F2N2O3. The molecule has 0 unspecified atom stereocenters. The fourth-order valence-electron chi connectivity index (χ4n) is 1.29. The van der Waals surface area contributed by atoms with Crippen LogP contribution in [0.15, 0.2) is 18.2 Å². The standard InChI is InChI=1S/C10H8F2N2O3/c11-10(12)17-8-4-3-7(2-1-5-13)9(6-8)14(15)16/h3-4,6,10H,1-2H2. The first-order valence-corrected chi connectivity index (χ1v) is 4.63. The van der Waals surface area contributed by atoms with E-state index in [1.54, 1.807) is 0 Å². The van der Waals surface area contributed by atoms with Crippen LogP contribution < -0.4 is 4.74 Å². The summed E-state index contributed by atoms with van der Waals surface area (Å²) in [6.07, 6.45) is 0.317. The van der Waals surface area contributed by atoms with Gasteiger partial charge in [0.25, 0.3) is 5.69 Å². The zero-order chi connectivity index (χ0) is 12.8. The average molecular weight is 242 g/mol.